The minimum absolute atomic E-state index is 0.00639. The Kier molecular flexibility index (Phi) is 5.66. The third-order valence-electron chi connectivity index (χ3n) is 2.51. The zero-order valence-electron chi connectivity index (χ0n) is 10.1. The van der Waals surface area contributed by atoms with Crippen LogP contribution in [0.1, 0.15) is 23.7 Å². The van der Waals surface area contributed by atoms with Crippen LogP contribution in [0.15, 0.2) is 24.3 Å². The highest BCUT2D eigenvalue weighted by Gasteiger charge is 2.11. The van der Waals surface area contributed by atoms with E-state index in [2.05, 4.69) is 0 Å². The molecule has 0 bridgehead atoms. The van der Waals surface area contributed by atoms with E-state index in [1.807, 2.05) is 11.8 Å². The number of rotatable bonds is 7. The lowest BCUT2D eigenvalue weighted by Crippen LogP contribution is -2.33. The molecule has 17 heavy (non-hydrogen) atoms. The maximum Gasteiger partial charge on any atom is 0.176 e. The Balaban J connectivity index is 2.60. The standard InChI is InChI=1S/C13H19NO3/c1-2-7-14(8-9-15)10-13(17)11-3-5-12(16)6-4-11/h3-6,15-16H,2,7-10H2,1H3. The summed E-state index contributed by atoms with van der Waals surface area (Å²) in [6.07, 6.45) is 0.947. The third kappa shape index (κ3) is 4.54. The molecule has 0 radical (unpaired) electrons. The second-order valence-corrected chi connectivity index (χ2v) is 3.97. The van der Waals surface area contributed by atoms with Crippen molar-refractivity contribution >= 4 is 5.78 Å². The number of phenols is 1. The number of benzene rings is 1. The van der Waals surface area contributed by atoms with Crippen molar-refractivity contribution in [2.75, 3.05) is 26.2 Å². The summed E-state index contributed by atoms with van der Waals surface area (Å²) < 4.78 is 0. The van der Waals surface area contributed by atoms with Crippen LogP contribution in [0, 0.1) is 0 Å². The van der Waals surface area contributed by atoms with Crippen molar-refractivity contribution in [3.63, 3.8) is 0 Å². The van der Waals surface area contributed by atoms with Crippen LogP contribution < -0.4 is 0 Å². The second-order valence-electron chi connectivity index (χ2n) is 3.97. The summed E-state index contributed by atoms with van der Waals surface area (Å²) in [7, 11) is 0. The first kappa shape index (κ1) is 13.7. The van der Waals surface area contributed by atoms with Crippen LogP contribution in [0.4, 0.5) is 0 Å². The normalized spacial score (nSPS) is 10.8. The molecule has 94 valence electrons. The van der Waals surface area contributed by atoms with Crippen LogP contribution in [-0.2, 0) is 0 Å². The first-order valence-corrected chi connectivity index (χ1v) is 5.82. The number of aliphatic hydroxyl groups excluding tert-OH is 1. The number of hydrogen-bond acceptors (Lipinski definition) is 4. The van der Waals surface area contributed by atoms with Gasteiger partial charge in [-0.1, -0.05) is 6.92 Å². The van der Waals surface area contributed by atoms with Crippen molar-refractivity contribution < 1.29 is 15.0 Å². The Labute approximate surface area is 101 Å². The summed E-state index contributed by atoms with van der Waals surface area (Å²) in [6, 6.07) is 6.23. The Bertz CT molecular complexity index is 342. The number of phenolic OH excluding ortho intramolecular Hbond substituents is 1. The minimum atomic E-state index is 0.00639. The average Bonchev–Trinajstić information content (AvgIpc) is 2.30. The van der Waals surface area contributed by atoms with Crippen molar-refractivity contribution in [1.29, 1.82) is 0 Å². The third-order valence-corrected chi connectivity index (χ3v) is 2.51. The number of ketones is 1. The van der Waals surface area contributed by atoms with E-state index in [0.29, 0.717) is 18.7 Å². The fraction of sp³-hybridized carbons (Fsp3) is 0.462. The van der Waals surface area contributed by atoms with Gasteiger partial charge in [-0.3, -0.25) is 9.69 Å². The molecule has 0 saturated carbocycles. The van der Waals surface area contributed by atoms with Gasteiger partial charge in [0, 0.05) is 12.1 Å². The molecule has 0 aliphatic heterocycles. The van der Waals surface area contributed by atoms with Crippen LogP contribution in [0.5, 0.6) is 5.75 Å². The minimum Gasteiger partial charge on any atom is -0.508 e. The highest BCUT2D eigenvalue weighted by molar-refractivity contribution is 5.97. The second kappa shape index (κ2) is 7.04. The maximum absolute atomic E-state index is 11.9. The van der Waals surface area contributed by atoms with Gasteiger partial charge in [-0.05, 0) is 37.2 Å². The lowest BCUT2D eigenvalue weighted by atomic mass is 10.1. The SMILES string of the molecule is CCCN(CCO)CC(=O)c1ccc(O)cc1. The van der Waals surface area contributed by atoms with Crippen molar-refractivity contribution in [3.05, 3.63) is 29.8 Å². The number of carbonyl (C=O) groups is 1. The van der Waals surface area contributed by atoms with E-state index in [0.717, 1.165) is 13.0 Å². The molecular formula is C13H19NO3. The monoisotopic (exact) mass is 237 g/mol. The summed E-state index contributed by atoms with van der Waals surface area (Å²) >= 11 is 0. The molecule has 0 spiro atoms. The molecule has 0 aliphatic carbocycles. The van der Waals surface area contributed by atoms with Gasteiger partial charge in [-0.25, -0.2) is 0 Å². The molecule has 0 saturated heterocycles. The summed E-state index contributed by atoms with van der Waals surface area (Å²) in [5.74, 6) is 0.161. The zero-order valence-corrected chi connectivity index (χ0v) is 10.1. The lowest BCUT2D eigenvalue weighted by molar-refractivity contribution is 0.0915. The number of aliphatic hydroxyl groups is 1. The van der Waals surface area contributed by atoms with Gasteiger partial charge in [0.25, 0.3) is 0 Å². The van der Waals surface area contributed by atoms with Gasteiger partial charge in [0.05, 0.1) is 13.2 Å². The summed E-state index contributed by atoms with van der Waals surface area (Å²) in [5.41, 5.74) is 0.585. The number of nitrogens with zero attached hydrogens (tertiary/aromatic N) is 1. The largest absolute Gasteiger partial charge is 0.508 e. The molecule has 1 rings (SSSR count). The number of hydrogen-bond donors (Lipinski definition) is 2. The van der Waals surface area contributed by atoms with E-state index in [1.54, 1.807) is 12.1 Å². The first-order chi connectivity index (χ1) is 8.17. The number of Topliss-reactive ketones (excluding diaryl/α,β-unsaturated/α-hetero) is 1. The van der Waals surface area contributed by atoms with E-state index in [4.69, 9.17) is 10.2 Å². The van der Waals surface area contributed by atoms with Crippen LogP contribution in [-0.4, -0.2) is 47.1 Å². The molecule has 2 N–H and O–H groups in total. The topological polar surface area (TPSA) is 60.8 Å². The van der Waals surface area contributed by atoms with Gasteiger partial charge < -0.3 is 10.2 Å². The first-order valence-electron chi connectivity index (χ1n) is 5.82. The Morgan fingerprint density at radius 1 is 1.24 bits per heavy atom. The molecule has 0 heterocycles. The fourth-order valence-corrected chi connectivity index (χ4v) is 1.67. The molecule has 0 aliphatic rings. The highest BCUT2D eigenvalue weighted by atomic mass is 16.3. The van der Waals surface area contributed by atoms with Gasteiger partial charge in [-0.15, -0.1) is 0 Å². The average molecular weight is 237 g/mol. The molecule has 0 amide bonds. The van der Waals surface area contributed by atoms with Crippen LogP contribution in [0.3, 0.4) is 0 Å². The molecular weight excluding hydrogens is 218 g/mol. The molecule has 0 unspecified atom stereocenters. The van der Waals surface area contributed by atoms with Gasteiger partial charge in [0.1, 0.15) is 5.75 Å². The molecule has 4 heteroatoms. The molecule has 4 nitrogen and oxygen atoms in total. The number of carbonyl (C=O) groups excluding carboxylic acids is 1. The highest BCUT2D eigenvalue weighted by Crippen LogP contribution is 2.10. The quantitative estimate of drug-likeness (QED) is 0.701. The Morgan fingerprint density at radius 3 is 2.41 bits per heavy atom. The Hall–Kier alpha value is -1.39. The zero-order chi connectivity index (χ0) is 12.7. The van der Waals surface area contributed by atoms with Crippen molar-refractivity contribution in [3.8, 4) is 5.75 Å². The lowest BCUT2D eigenvalue weighted by Gasteiger charge is -2.19. The summed E-state index contributed by atoms with van der Waals surface area (Å²) in [5, 5.41) is 18.0. The van der Waals surface area contributed by atoms with Crippen molar-refractivity contribution in [2.45, 2.75) is 13.3 Å². The smallest absolute Gasteiger partial charge is 0.176 e. The van der Waals surface area contributed by atoms with Gasteiger partial charge in [0.2, 0.25) is 0 Å². The molecule has 0 atom stereocenters. The van der Waals surface area contributed by atoms with Gasteiger partial charge in [-0.2, -0.15) is 0 Å². The summed E-state index contributed by atoms with van der Waals surface area (Å²) in [6.45, 7) is 3.71. The maximum atomic E-state index is 11.9. The fourth-order valence-electron chi connectivity index (χ4n) is 1.67. The van der Waals surface area contributed by atoms with Crippen molar-refractivity contribution in [1.82, 2.24) is 4.90 Å². The Morgan fingerprint density at radius 2 is 1.88 bits per heavy atom. The van der Waals surface area contributed by atoms with Gasteiger partial charge >= 0.3 is 0 Å². The van der Waals surface area contributed by atoms with Gasteiger partial charge in [0.15, 0.2) is 5.78 Å². The number of aromatic hydroxyl groups is 1. The van der Waals surface area contributed by atoms with Crippen LogP contribution in [0.2, 0.25) is 0 Å². The molecule has 1 aromatic carbocycles. The predicted octanol–water partition coefficient (Wildman–Crippen LogP) is 1.28. The van der Waals surface area contributed by atoms with Crippen LogP contribution in [0.25, 0.3) is 0 Å². The molecule has 0 fully saturated rings. The van der Waals surface area contributed by atoms with Crippen molar-refractivity contribution in [2.24, 2.45) is 0 Å². The molecule has 1 aromatic rings. The van der Waals surface area contributed by atoms with E-state index >= 15 is 0 Å². The van der Waals surface area contributed by atoms with E-state index in [9.17, 15) is 4.79 Å². The van der Waals surface area contributed by atoms with E-state index < -0.39 is 0 Å². The summed E-state index contributed by atoms with van der Waals surface area (Å²) in [4.78, 5) is 13.8. The molecule has 0 aromatic heterocycles. The predicted molar refractivity (Wildman–Crippen MR) is 66.3 cm³/mol. The van der Waals surface area contributed by atoms with E-state index in [1.165, 1.54) is 12.1 Å². The van der Waals surface area contributed by atoms with E-state index in [-0.39, 0.29) is 18.1 Å². The van der Waals surface area contributed by atoms with Crippen LogP contribution >= 0.6 is 0 Å².